The summed E-state index contributed by atoms with van der Waals surface area (Å²) in [5, 5.41) is 3.37. The third kappa shape index (κ3) is 6.67. The molecule has 1 N–H and O–H groups in total. The van der Waals surface area contributed by atoms with Gasteiger partial charge < -0.3 is 10.1 Å². The Balaban J connectivity index is 4.71. The molecule has 0 aliphatic heterocycles. The lowest BCUT2D eigenvalue weighted by Gasteiger charge is -2.36. The summed E-state index contributed by atoms with van der Waals surface area (Å²) in [6.07, 6.45) is 2.47. The van der Waals surface area contributed by atoms with Crippen LogP contribution in [0.2, 0.25) is 0 Å². The standard InChI is InChI=1S/C14H29NO2/c1-7-17-13(16)10-14(15-6,8-11(2)3)9-12(4)5/h11-12,15H,7-10H2,1-6H3. The van der Waals surface area contributed by atoms with Crippen LogP contribution in [0.5, 0.6) is 0 Å². The monoisotopic (exact) mass is 243 g/mol. The zero-order chi connectivity index (χ0) is 13.5. The molecule has 0 aliphatic rings. The van der Waals surface area contributed by atoms with Crippen molar-refractivity contribution in [2.45, 2.75) is 59.4 Å². The van der Waals surface area contributed by atoms with E-state index in [0.717, 1.165) is 12.8 Å². The van der Waals surface area contributed by atoms with Gasteiger partial charge in [-0.3, -0.25) is 4.79 Å². The van der Waals surface area contributed by atoms with Gasteiger partial charge in [0, 0.05) is 5.54 Å². The van der Waals surface area contributed by atoms with Crippen molar-refractivity contribution < 1.29 is 9.53 Å². The zero-order valence-corrected chi connectivity index (χ0v) is 12.3. The maximum atomic E-state index is 11.7. The van der Waals surface area contributed by atoms with Gasteiger partial charge in [-0.2, -0.15) is 0 Å². The van der Waals surface area contributed by atoms with Crippen LogP contribution in [0.1, 0.15) is 53.9 Å². The van der Waals surface area contributed by atoms with Crippen LogP contribution in [0, 0.1) is 11.8 Å². The molecule has 0 rings (SSSR count). The van der Waals surface area contributed by atoms with E-state index in [1.54, 1.807) is 0 Å². The van der Waals surface area contributed by atoms with Gasteiger partial charge in [0.05, 0.1) is 13.0 Å². The van der Waals surface area contributed by atoms with Gasteiger partial charge >= 0.3 is 5.97 Å². The van der Waals surface area contributed by atoms with E-state index in [2.05, 4.69) is 33.0 Å². The summed E-state index contributed by atoms with van der Waals surface area (Å²) < 4.78 is 5.08. The number of carbonyl (C=O) groups is 1. The van der Waals surface area contributed by atoms with Crippen molar-refractivity contribution in [3.05, 3.63) is 0 Å². The molecule has 0 aromatic rings. The largest absolute Gasteiger partial charge is 0.466 e. The molecule has 0 saturated heterocycles. The number of carbonyl (C=O) groups excluding carboxylic acids is 1. The average molecular weight is 243 g/mol. The second kappa shape index (κ2) is 7.70. The first-order valence-electron chi connectivity index (χ1n) is 6.69. The van der Waals surface area contributed by atoms with Crippen molar-refractivity contribution in [1.29, 1.82) is 0 Å². The van der Waals surface area contributed by atoms with E-state index < -0.39 is 0 Å². The van der Waals surface area contributed by atoms with E-state index in [9.17, 15) is 4.79 Å². The molecule has 17 heavy (non-hydrogen) atoms. The first-order chi connectivity index (χ1) is 7.85. The van der Waals surface area contributed by atoms with Crippen molar-refractivity contribution in [3.8, 4) is 0 Å². The van der Waals surface area contributed by atoms with Gasteiger partial charge in [-0.15, -0.1) is 0 Å². The minimum Gasteiger partial charge on any atom is -0.466 e. The number of hydrogen-bond donors (Lipinski definition) is 1. The highest BCUT2D eigenvalue weighted by Crippen LogP contribution is 2.28. The average Bonchev–Trinajstić information content (AvgIpc) is 2.15. The molecule has 0 spiro atoms. The predicted molar refractivity (Wildman–Crippen MR) is 72.0 cm³/mol. The Labute approximate surface area is 106 Å². The molecule has 102 valence electrons. The summed E-state index contributed by atoms with van der Waals surface area (Å²) in [4.78, 5) is 11.7. The van der Waals surface area contributed by atoms with Gasteiger partial charge in [0.25, 0.3) is 0 Å². The van der Waals surface area contributed by atoms with Gasteiger partial charge in [0.15, 0.2) is 0 Å². The molecule has 3 heteroatoms. The van der Waals surface area contributed by atoms with Crippen molar-refractivity contribution in [3.63, 3.8) is 0 Å². The topological polar surface area (TPSA) is 38.3 Å². The number of rotatable bonds is 8. The van der Waals surface area contributed by atoms with Gasteiger partial charge in [0.2, 0.25) is 0 Å². The van der Waals surface area contributed by atoms with Gasteiger partial charge in [0.1, 0.15) is 0 Å². The van der Waals surface area contributed by atoms with Crippen molar-refractivity contribution >= 4 is 5.97 Å². The predicted octanol–water partition coefficient (Wildman–Crippen LogP) is 2.99. The molecule has 0 heterocycles. The van der Waals surface area contributed by atoms with Crippen molar-refractivity contribution in [2.75, 3.05) is 13.7 Å². The zero-order valence-electron chi connectivity index (χ0n) is 12.3. The van der Waals surface area contributed by atoms with Gasteiger partial charge in [-0.25, -0.2) is 0 Å². The molecule has 0 bridgehead atoms. The summed E-state index contributed by atoms with van der Waals surface area (Å²) in [5.41, 5.74) is -0.116. The second-order valence-electron chi connectivity index (χ2n) is 5.71. The molecular weight excluding hydrogens is 214 g/mol. The normalized spacial score (nSPS) is 12.2. The van der Waals surface area contributed by atoms with E-state index in [4.69, 9.17) is 4.74 Å². The molecule has 0 radical (unpaired) electrons. The third-order valence-corrected chi connectivity index (χ3v) is 2.92. The summed E-state index contributed by atoms with van der Waals surface area (Å²) in [6.45, 7) is 11.1. The molecule has 0 aliphatic carbocycles. The number of ether oxygens (including phenoxy) is 1. The quantitative estimate of drug-likeness (QED) is 0.666. The lowest BCUT2D eigenvalue weighted by atomic mass is 9.79. The molecular formula is C14H29NO2. The van der Waals surface area contributed by atoms with Gasteiger partial charge in [-0.1, -0.05) is 27.7 Å². The molecule has 0 aromatic heterocycles. The third-order valence-electron chi connectivity index (χ3n) is 2.92. The lowest BCUT2D eigenvalue weighted by molar-refractivity contribution is -0.145. The second-order valence-corrected chi connectivity index (χ2v) is 5.71. The Morgan fingerprint density at radius 3 is 1.94 bits per heavy atom. The molecule has 0 atom stereocenters. The Morgan fingerprint density at radius 1 is 1.18 bits per heavy atom. The van der Waals surface area contributed by atoms with Crippen LogP contribution in [-0.2, 0) is 9.53 Å². The van der Waals surface area contributed by atoms with Gasteiger partial charge in [-0.05, 0) is 38.6 Å². The number of nitrogens with one attached hydrogen (secondary N) is 1. The molecule has 0 fully saturated rings. The van der Waals surface area contributed by atoms with E-state index in [1.807, 2.05) is 14.0 Å². The van der Waals surface area contributed by atoms with Crippen molar-refractivity contribution in [2.24, 2.45) is 11.8 Å². The highest BCUT2D eigenvalue weighted by Gasteiger charge is 2.33. The fraction of sp³-hybridized carbons (Fsp3) is 0.929. The number of esters is 1. The highest BCUT2D eigenvalue weighted by atomic mass is 16.5. The minimum atomic E-state index is -0.116. The van der Waals surface area contributed by atoms with Crippen LogP contribution < -0.4 is 5.32 Å². The summed E-state index contributed by atoms with van der Waals surface area (Å²) >= 11 is 0. The van der Waals surface area contributed by atoms with E-state index in [1.165, 1.54) is 0 Å². The maximum absolute atomic E-state index is 11.7. The molecule has 0 saturated carbocycles. The van der Waals surface area contributed by atoms with Crippen LogP contribution in [0.15, 0.2) is 0 Å². The lowest BCUT2D eigenvalue weighted by Crippen LogP contribution is -2.47. The molecule has 0 amide bonds. The van der Waals surface area contributed by atoms with Crippen LogP contribution in [0.4, 0.5) is 0 Å². The minimum absolute atomic E-state index is 0.0943. The van der Waals surface area contributed by atoms with Crippen molar-refractivity contribution in [1.82, 2.24) is 5.32 Å². The first kappa shape index (κ1) is 16.4. The van der Waals surface area contributed by atoms with Crippen LogP contribution in [0.25, 0.3) is 0 Å². The Hall–Kier alpha value is -0.570. The molecule has 3 nitrogen and oxygen atoms in total. The fourth-order valence-corrected chi connectivity index (χ4v) is 2.57. The highest BCUT2D eigenvalue weighted by molar-refractivity contribution is 5.70. The van der Waals surface area contributed by atoms with Crippen LogP contribution >= 0.6 is 0 Å². The van der Waals surface area contributed by atoms with E-state index >= 15 is 0 Å². The van der Waals surface area contributed by atoms with Crippen LogP contribution in [0.3, 0.4) is 0 Å². The first-order valence-corrected chi connectivity index (χ1v) is 6.69. The maximum Gasteiger partial charge on any atom is 0.307 e. The molecule has 0 unspecified atom stereocenters. The summed E-state index contributed by atoms with van der Waals surface area (Å²) in [6, 6.07) is 0. The summed E-state index contributed by atoms with van der Waals surface area (Å²) in [5.74, 6) is 1.04. The SMILES string of the molecule is CCOC(=O)CC(CC(C)C)(CC(C)C)NC. The summed E-state index contributed by atoms with van der Waals surface area (Å²) in [7, 11) is 1.95. The Kier molecular flexibility index (Phi) is 7.44. The number of hydrogen-bond acceptors (Lipinski definition) is 3. The Bertz CT molecular complexity index is 214. The molecule has 0 aromatic carbocycles. The smallest absolute Gasteiger partial charge is 0.307 e. The fourth-order valence-electron chi connectivity index (χ4n) is 2.57. The Morgan fingerprint density at radius 2 is 1.65 bits per heavy atom. The van der Waals surface area contributed by atoms with E-state index in [-0.39, 0.29) is 11.5 Å². The van der Waals surface area contributed by atoms with E-state index in [0.29, 0.717) is 24.9 Å². The van der Waals surface area contributed by atoms with Crippen LogP contribution in [-0.4, -0.2) is 25.2 Å².